The zero-order valence-corrected chi connectivity index (χ0v) is 18.5. The second kappa shape index (κ2) is 8.34. The lowest BCUT2D eigenvalue weighted by Crippen LogP contribution is -2.62. The molecule has 29 heavy (non-hydrogen) atoms. The monoisotopic (exact) mass is 400 g/mol. The van der Waals surface area contributed by atoms with Crippen molar-refractivity contribution < 1.29 is 9.59 Å². The molecule has 160 valence electrons. The molecule has 0 aliphatic carbocycles. The van der Waals surface area contributed by atoms with E-state index in [1.165, 1.54) is 5.56 Å². The van der Waals surface area contributed by atoms with Gasteiger partial charge in [-0.1, -0.05) is 37.3 Å². The molecule has 0 unspecified atom stereocenters. The van der Waals surface area contributed by atoms with Crippen molar-refractivity contribution in [2.24, 2.45) is 0 Å². The molecule has 2 N–H and O–H groups in total. The molecule has 1 aromatic carbocycles. The summed E-state index contributed by atoms with van der Waals surface area (Å²) in [6, 6.07) is 10.1. The number of rotatable bonds is 4. The summed E-state index contributed by atoms with van der Waals surface area (Å²) in [5, 5.41) is 6.74. The Labute approximate surface area is 175 Å². The minimum atomic E-state index is -0.357. The van der Waals surface area contributed by atoms with Crippen LogP contribution >= 0.6 is 0 Å². The quantitative estimate of drug-likeness (QED) is 0.816. The number of benzene rings is 1. The van der Waals surface area contributed by atoms with E-state index in [-0.39, 0.29) is 35.2 Å². The van der Waals surface area contributed by atoms with Gasteiger partial charge in [-0.25, -0.2) is 4.79 Å². The van der Waals surface area contributed by atoms with Crippen molar-refractivity contribution in [2.45, 2.75) is 83.6 Å². The van der Waals surface area contributed by atoms with Crippen molar-refractivity contribution in [3.63, 3.8) is 0 Å². The van der Waals surface area contributed by atoms with Gasteiger partial charge in [0, 0.05) is 37.5 Å². The van der Waals surface area contributed by atoms with Crippen LogP contribution in [0.4, 0.5) is 4.79 Å². The highest BCUT2D eigenvalue weighted by atomic mass is 16.2. The zero-order chi connectivity index (χ0) is 21.2. The standard InChI is InChI=1S/C23H36N4O2/c1-6-17(2)27-20(28)19(16-18-10-8-7-9-11-18)24-23(27)12-14-26(15-13-23)21(29)25-22(3,4)5/h7-11,17,19,24H,6,12-16H2,1-5H3,(H,25,29)/t17-,19+/m1/s1. The summed E-state index contributed by atoms with van der Waals surface area (Å²) in [4.78, 5) is 29.9. The molecule has 0 bridgehead atoms. The molecule has 2 fully saturated rings. The first kappa shape index (κ1) is 21.6. The third-order valence-electron chi connectivity index (χ3n) is 6.11. The van der Waals surface area contributed by atoms with Crippen molar-refractivity contribution in [3.8, 4) is 0 Å². The van der Waals surface area contributed by atoms with Gasteiger partial charge in [0.05, 0.1) is 11.7 Å². The van der Waals surface area contributed by atoms with E-state index in [4.69, 9.17) is 0 Å². The molecule has 2 aliphatic rings. The van der Waals surface area contributed by atoms with Crippen LogP contribution in [0.5, 0.6) is 0 Å². The first-order valence-corrected chi connectivity index (χ1v) is 10.9. The number of carbonyl (C=O) groups excluding carboxylic acids is 2. The molecule has 0 radical (unpaired) electrons. The number of urea groups is 1. The maximum absolute atomic E-state index is 13.4. The van der Waals surface area contributed by atoms with Crippen LogP contribution in [0.25, 0.3) is 0 Å². The van der Waals surface area contributed by atoms with Crippen LogP contribution in [0, 0.1) is 0 Å². The third-order valence-corrected chi connectivity index (χ3v) is 6.11. The Bertz CT molecular complexity index is 720. The van der Waals surface area contributed by atoms with Gasteiger partial charge >= 0.3 is 6.03 Å². The van der Waals surface area contributed by atoms with Gasteiger partial charge in [0.25, 0.3) is 0 Å². The summed E-state index contributed by atoms with van der Waals surface area (Å²) in [5.41, 5.74) is 0.559. The van der Waals surface area contributed by atoms with Gasteiger partial charge in [0.1, 0.15) is 0 Å². The average molecular weight is 401 g/mol. The molecule has 0 saturated carbocycles. The van der Waals surface area contributed by atoms with Gasteiger partial charge in [-0.05, 0) is 46.1 Å². The lowest BCUT2D eigenvalue weighted by molar-refractivity contribution is -0.136. The lowest BCUT2D eigenvalue weighted by Gasteiger charge is -2.47. The summed E-state index contributed by atoms with van der Waals surface area (Å²) >= 11 is 0. The molecule has 0 aromatic heterocycles. The van der Waals surface area contributed by atoms with Crippen LogP contribution in [-0.4, -0.2) is 58.1 Å². The van der Waals surface area contributed by atoms with Crippen molar-refractivity contribution >= 4 is 11.9 Å². The van der Waals surface area contributed by atoms with E-state index in [1.54, 1.807) is 0 Å². The van der Waals surface area contributed by atoms with E-state index in [1.807, 2.05) is 43.9 Å². The van der Waals surface area contributed by atoms with Crippen LogP contribution in [0.15, 0.2) is 30.3 Å². The van der Waals surface area contributed by atoms with Gasteiger partial charge < -0.3 is 15.1 Å². The van der Waals surface area contributed by atoms with Crippen LogP contribution < -0.4 is 10.6 Å². The fraction of sp³-hybridized carbons (Fsp3) is 0.652. The van der Waals surface area contributed by atoms with Gasteiger partial charge in [-0.2, -0.15) is 0 Å². The highest BCUT2D eigenvalue weighted by Crippen LogP contribution is 2.35. The smallest absolute Gasteiger partial charge is 0.317 e. The number of carbonyl (C=O) groups is 2. The highest BCUT2D eigenvalue weighted by Gasteiger charge is 2.53. The summed E-state index contributed by atoms with van der Waals surface area (Å²) in [7, 11) is 0. The molecule has 2 atom stereocenters. The molecule has 2 aliphatic heterocycles. The predicted molar refractivity (Wildman–Crippen MR) is 115 cm³/mol. The summed E-state index contributed by atoms with van der Waals surface area (Å²) in [6.07, 6.45) is 3.13. The maximum atomic E-state index is 13.4. The van der Waals surface area contributed by atoms with Gasteiger partial charge in [0.15, 0.2) is 0 Å². The molecular weight excluding hydrogens is 364 g/mol. The summed E-state index contributed by atoms with van der Waals surface area (Å²) < 4.78 is 0. The van der Waals surface area contributed by atoms with E-state index >= 15 is 0 Å². The molecule has 3 amide bonds. The van der Waals surface area contributed by atoms with Gasteiger partial charge in [0.2, 0.25) is 5.91 Å². The SMILES string of the molecule is CC[C@@H](C)N1C(=O)[C@H](Cc2ccccc2)NC12CCN(C(=O)NC(C)(C)C)CC2. The van der Waals surface area contributed by atoms with E-state index in [2.05, 4.69) is 41.5 Å². The van der Waals surface area contributed by atoms with Gasteiger partial charge in [-0.3, -0.25) is 10.1 Å². The van der Waals surface area contributed by atoms with E-state index in [0.717, 1.165) is 19.3 Å². The van der Waals surface area contributed by atoms with Gasteiger partial charge in [-0.15, -0.1) is 0 Å². The highest BCUT2D eigenvalue weighted by molar-refractivity contribution is 5.86. The number of amides is 3. The number of likely N-dealkylation sites (tertiary alicyclic amines) is 1. The van der Waals surface area contributed by atoms with Crippen LogP contribution in [0.1, 0.15) is 59.4 Å². The normalized spacial score (nSPS) is 22.8. The molecule has 3 rings (SSSR count). The Balaban J connectivity index is 1.74. The third kappa shape index (κ3) is 4.74. The number of nitrogens with one attached hydrogen (secondary N) is 2. The number of nitrogens with zero attached hydrogens (tertiary/aromatic N) is 2. The van der Waals surface area contributed by atoms with E-state index < -0.39 is 0 Å². The topological polar surface area (TPSA) is 64.7 Å². The molecule has 1 spiro atoms. The number of piperidine rings is 1. The largest absolute Gasteiger partial charge is 0.333 e. The summed E-state index contributed by atoms with van der Waals surface area (Å²) in [6.45, 7) is 11.5. The predicted octanol–water partition coefficient (Wildman–Crippen LogP) is 3.13. The van der Waals surface area contributed by atoms with Crippen LogP contribution in [-0.2, 0) is 11.2 Å². The Hall–Kier alpha value is -2.08. The number of hydrogen-bond donors (Lipinski definition) is 2. The fourth-order valence-corrected chi connectivity index (χ4v) is 4.51. The first-order valence-electron chi connectivity index (χ1n) is 10.9. The second-order valence-electron chi connectivity index (χ2n) is 9.55. The molecule has 6 nitrogen and oxygen atoms in total. The Morgan fingerprint density at radius 3 is 2.41 bits per heavy atom. The molecular formula is C23H36N4O2. The Kier molecular flexibility index (Phi) is 6.22. The minimum Gasteiger partial charge on any atom is -0.333 e. The Morgan fingerprint density at radius 2 is 1.86 bits per heavy atom. The molecule has 1 aromatic rings. The van der Waals surface area contributed by atoms with Crippen LogP contribution in [0.2, 0.25) is 0 Å². The molecule has 2 saturated heterocycles. The van der Waals surface area contributed by atoms with Crippen molar-refractivity contribution in [3.05, 3.63) is 35.9 Å². The van der Waals surface area contributed by atoms with Crippen molar-refractivity contribution in [1.29, 1.82) is 0 Å². The van der Waals surface area contributed by atoms with Crippen LogP contribution in [0.3, 0.4) is 0 Å². The second-order valence-corrected chi connectivity index (χ2v) is 9.55. The number of hydrogen-bond acceptors (Lipinski definition) is 3. The fourth-order valence-electron chi connectivity index (χ4n) is 4.51. The lowest BCUT2D eigenvalue weighted by atomic mass is 9.94. The maximum Gasteiger partial charge on any atom is 0.317 e. The van der Waals surface area contributed by atoms with Crippen molar-refractivity contribution in [1.82, 2.24) is 20.4 Å². The molecule has 6 heteroatoms. The minimum absolute atomic E-state index is 0.0207. The van der Waals surface area contributed by atoms with Crippen molar-refractivity contribution in [2.75, 3.05) is 13.1 Å². The zero-order valence-electron chi connectivity index (χ0n) is 18.5. The van der Waals surface area contributed by atoms with E-state index in [9.17, 15) is 9.59 Å². The Morgan fingerprint density at radius 1 is 1.24 bits per heavy atom. The van der Waals surface area contributed by atoms with E-state index in [0.29, 0.717) is 19.5 Å². The first-order chi connectivity index (χ1) is 13.6. The average Bonchev–Trinajstić information content (AvgIpc) is 2.92. The summed E-state index contributed by atoms with van der Waals surface area (Å²) in [5.74, 6) is 0.191. The molecule has 2 heterocycles.